The summed E-state index contributed by atoms with van der Waals surface area (Å²) in [5.74, 6) is -0.453. The Morgan fingerprint density at radius 3 is 2.45 bits per heavy atom. The van der Waals surface area contributed by atoms with Crippen LogP contribution in [0, 0.1) is 0 Å². The molecule has 3 rings (SSSR count). The second kappa shape index (κ2) is 6.60. The molecule has 1 aliphatic rings. The highest BCUT2D eigenvalue weighted by atomic mass is 16.4. The van der Waals surface area contributed by atoms with Crippen LogP contribution in [0.5, 0.6) is 0 Å². The number of aromatic nitrogens is 1. The normalized spacial score (nSPS) is 15.5. The zero-order valence-electron chi connectivity index (χ0n) is 12.5. The molecule has 114 valence electrons. The summed E-state index contributed by atoms with van der Waals surface area (Å²) >= 11 is 0. The number of pyridine rings is 1. The predicted octanol–water partition coefficient (Wildman–Crippen LogP) is 4.19. The molecule has 1 aromatic carbocycles. The number of nitrogens with one attached hydrogen (secondary N) is 1. The molecule has 4 nitrogen and oxygen atoms in total. The average molecular weight is 296 g/mol. The van der Waals surface area contributed by atoms with E-state index in [1.807, 2.05) is 30.3 Å². The van der Waals surface area contributed by atoms with E-state index in [9.17, 15) is 9.90 Å². The van der Waals surface area contributed by atoms with Crippen LogP contribution >= 0.6 is 0 Å². The van der Waals surface area contributed by atoms with Gasteiger partial charge in [0.15, 0.2) is 0 Å². The lowest BCUT2D eigenvalue weighted by Crippen LogP contribution is -2.24. The smallest absolute Gasteiger partial charge is 0.339 e. The van der Waals surface area contributed by atoms with Crippen LogP contribution in [0.3, 0.4) is 0 Å². The molecule has 0 radical (unpaired) electrons. The molecule has 0 unspecified atom stereocenters. The second-order valence-corrected chi connectivity index (χ2v) is 5.74. The Labute approximate surface area is 130 Å². The molecule has 1 saturated carbocycles. The maximum Gasteiger partial charge on any atom is 0.339 e. The van der Waals surface area contributed by atoms with Crippen molar-refractivity contribution in [3.63, 3.8) is 0 Å². The zero-order valence-corrected chi connectivity index (χ0v) is 12.5. The van der Waals surface area contributed by atoms with Crippen molar-refractivity contribution in [3.05, 3.63) is 48.0 Å². The van der Waals surface area contributed by atoms with Crippen LogP contribution in [-0.4, -0.2) is 22.1 Å². The van der Waals surface area contributed by atoms with E-state index in [1.54, 1.807) is 12.1 Å². The second-order valence-electron chi connectivity index (χ2n) is 5.74. The highest BCUT2D eigenvalue weighted by Gasteiger charge is 2.18. The molecule has 0 saturated heterocycles. The maximum atomic E-state index is 11.4. The van der Waals surface area contributed by atoms with Crippen LogP contribution in [0.2, 0.25) is 0 Å². The van der Waals surface area contributed by atoms with Crippen molar-refractivity contribution < 1.29 is 9.90 Å². The summed E-state index contributed by atoms with van der Waals surface area (Å²) in [5, 5.41) is 12.7. The Balaban J connectivity index is 1.92. The Bertz CT molecular complexity index is 649. The molecule has 22 heavy (non-hydrogen) atoms. The topological polar surface area (TPSA) is 62.2 Å². The fourth-order valence-electron chi connectivity index (χ4n) is 2.95. The van der Waals surface area contributed by atoms with E-state index in [-0.39, 0.29) is 5.56 Å². The van der Waals surface area contributed by atoms with E-state index in [0.717, 1.165) is 24.1 Å². The SMILES string of the molecule is O=C(O)c1ccc(-c2ccccc2)nc1NC1CCCCC1. The Hall–Kier alpha value is -2.36. The number of nitrogens with zero attached hydrogens (tertiary/aromatic N) is 1. The summed E-state index contributed by atoms with van der Waals surface area (Å²) in [5.41, 5.74) is 2.03. The molecule has 4 heteroatoms. The number of carboxylic acids is 1. The van der Waals surface area contributed by atoms with Crippen LogP contribution in [0.4, 0.5) is 5.82 Å². The Morgan fingerprint density at radius 1 is 1.05 bits per heavy atom. The molecule has 1 aromatic heterocycles. The molecule has 2 aromatic rings. The van der Waals surface area contributed by atoms with E-state index in [1.165, 1.54) is 19.3 Å². The lowest BCUT2D eigenvalue weighted by molar-refractivity contribution is 0.0697. The third kappa shape index (κ3) is 3.27. The first-order valence-electron chi connectivity index (χ1n) is 7.80. The summed E-state index contributed by atoms with van der Waals surface area (Å²) in [7, 11) is 0. The average Bonchev–Trinajstić information content (AvgIpc) is 2.56. The maximum absolute atomic E-state index is 11.4. The first-order chi connectivity index (χ1) is 10.7. The van der Waals surface area contributed by atoms with Crippen LogP contribution in [0.1, 0.15) is 42.5 Å². The van der Waals surface area contributed by atoms with Gasteiger partial charge < -0.3 is 10.4 Å². The van der Waals surface area contributed by atoms with Gasteiger partial charge in [-0.1, -0.05) is 49.6 Å². The van der Waals surface area contributed by atoms with Gasteiger partial charge in [0.25, 0.3) is 0 Å². The third-order valence-electron chi connectivity index (χ3n) is 4.14. The number of carbonyl (C=O) groups is 1. The Morgan fingerprint density at radius 2 is 1.77 bits per heavy atom. The monoisotopic (exact) mass is 296 g/mol. The Kier molecular flexibility index (Phi) is 4.37. The minimum Gasteiger partial charge on any atom is -0.478 e. The van der Waals surface area contributed by atoms with E-state index in [4.69, 9.17) is 0 Å². The quantitative estimate of drug-likeness (QED) is 0.888. The van der Waals surface area contributed by atoms with Crippen molar-refractivity contribution in [2.45, 2.75) is 38.1 Å². The zero-order chi connectivity index (χ0) is 15.4. The summed E-state index contributed by atoms with van der Waals surface area (Å²) < 4.78 is 0. The van der Waals surface area contributed by atoms with Gasteiger partial charge in [-0.3, -0.25) is 0 Å². The minimum atomic E-state index is -0.939. The molecule has 1 aliphatic carbocycles. The third-order valence-corrected chi connectivity index (χ3v) is 4.14. The van der Waals surface area contributed by atoms with Crippen LogP contribution in [0.15, 0.2) is 42.5 Å². The lowest BCUT2D eigenvalue weighted by atomic mass is 9.95. The van der Waals surface area contributed by atoms with Crippen molar-refractivity contribution in [1.82, 2.24) is 4.98 Å². The standard InChI is InChI=1S/C18H20N2O2/c21-18(22)15-11-12-16(13-7-3-1-4-8-13)20-17(15)19-14-9-5-2-6-10-14/h1,3-4,7-8,11-12,14H,2,5-6,9-10H2,(H,19,20)(H,21,22). The number of hydrogen-bond donors (Lipinski definition) is 2. The highest BCUT2D eigenvalue weighted by molar-refractivity contribution is 5.93. The van der Waals surface area contributed by atoms with Crippen molar-refractivity contribution in [3.8, 4) is 11.3 Å². The van der Waals surface area contributed by atoms with Gasteiger partial charge in [-0.15, -0.1) is 0 Å². The summed E-state index contributed by atoms with van der Waals surface area (Å²) in [4.78, 5) is 16.0. The van der Waals surface area contributed by atoms with Crippen LogP contribution in [0.25, 0.3) is 11.3 Å². The van der Waals surface area contributed by atoms with Crippen molar-refractivity contribution >= 4 is 11.8 Å². The van der Waals surface area contributed by atoms with Gasteiger partial charge in [0.1, 0.15) is 11.4 Å². The number of aromatic carboxylic acids is 1. The number of anilines is 1. The molecule has 2 N–H and O–H groups in total. The van der Waals surface area contributed by atoms with Crippen LogP contribution in [-0.2, 0) is 0 Å². The molecule has 1 fully saturated rings. The van der Waals surface area contributed by atoms with Gasteiger partial charge in [-0.25, -0.2) is 9.78 Å². The van der Waals surface area contributed by atoms with E-state index < -0.39 is 5.97 Å². The fraction of sp³-hybridized carbons (Fsp3) is 0.333. The van der Waals surface area contributed by atoms with Crippen molar-refractivity contribution in [2.75, 3.05) is 5.32 Å². The molecule has 0 bridgehead atoms. The van der Waals surface area contributed by atoms with Gasteiger partial charge in [0.2, 0.25) is 0 Å². The number of carboxylic acid groups (broad SMARTS) is 1. The van der Waals surface area contributed by atoms with Gasteiger partial charge in [0, 0.05) is 11.6 Å². The molecule has 0 spiro atoms. The largest absolute Gasteiger partial charge is 0.478 e. The number of rotatable bonds is 4. The number of benzene rings is 1. The van der Waals surface area contributed by atoms with Crippen molar-refractivity contribution in [1.29, 1.82) is 0 Å². The lowest BCUT2D eigenvalue weighted by Gasteiger charge is -2.24. The van der Waals surface area contributed by atoms with Gasteiger partial charge in [-0.05, 0) is 25.0 Å². The van der Waals surface area contributed by atoms with Gasteiger partial charge >= 0.3 is 5.97 Å². The van der Waals surface area contributed by atoms with E-state index in [2.05, 4.69) is 10.3 Å². The molecule has 0 amide bonds. The molecular weight excluding hydrogens is 276 g/mol. The first-order valence-corrected chi connectivity index (χ1v) is 7.80. The van der Waals surface area contributed by atoms with Crippen molar-refractivity contribution in [2.24, 2.45) is 0 Å². The summed E-state index contributed by atoms with van der Waals surface area (Å²) in [6.07, 6.45) is 5.81. The van der Waals surface area contributed by atoms with E-state index in [0.29, 0.717) is 11.9 Å². The highest BCUT2D eigenvalue weighted by Crippen LogP contribution is 2.25. The fourth-order valence-corrected chi connectivity index (χ4v) is 2.95. The first kappa shape index (κ1) is 14.6. The number of hydrogen-bond acceptors (Lipinski definition) is 3. The summed E-state index contributed by atoms with van der Waals surface area (Å²) in [6.45, 7) is 0. The summed E-state index contributed by atoms with van der Waals surface area (Å²) in [6, 6.07) is 13.6. The molecule has 0 atom stereocenters. The molecule has 0 aliphatic heterocycles. The van der Waals surface area contributed by atoms with Gasteiger partial charge in [-0.2, -0.15) is 0 Å². The van der Waals surface area contributed by atoms with Gasteiger partial charge in [0.05, 0.1) is 5.69 Å². The molecule has 1 heterocycles. The minimum absolute atomic E-state index is 0.241. The predicted molar refractivity (Wildman–Crippen MR) is 87.1 cm³/mol. The molecular formula is C18H20N2O2. The van der Waals surface area contributed by atoms with Crippen LogP contribution < -0.4 is 5.32 Å². The van der Waals surface area contributed by atoms with E-state index >= 15 is 0 Å².